The molecule has 1 aliphatic carbocycles. The van der Waals surface area contributed by atoms with Crippen LogP contribution in [0, 0.1) is 17.3 Å². The van der Waals surface area contributed by atoms with Crippen molar-refractivity contribution in [1.29, 1.82) is 0 Å². The van der Waals surface area contributed by atoms with Crippen molar-refractivity contribution >= 4 is 16.9 Å². The molecule has 6 nitrogen and oxygen atoms in total. The second-order valence-corrected chi connectivity index (χ2v) is 9.32. The van der Waals surface area contributed by atoms with E-state index in [0.717, 1.165) is 49.4 Å². The molecule has 3 fully saturated rings. The second kappa shape index (κ2) is 7.19. The number of esters is 1. The Morgan fingerprint density at radius 3 is 2.70 bits per heavy atom. The minimum atomic E-state index is -0.471. The summed E-state index contributed by atoms with van der Waals surface area (Å²) in [5.74, 6) is 2.55. The number of aromatic nitrogens is 1. The van der Waals surface area contributed by atoms with Crippen LogP contribution >= 0.6 is 0 Å². The molecular formula is C24H32N2O4. The van der Waals surface area contributed by atoms with Gasteiger partial charge in [0.2, 0.25) is 0 Å². The molecule has 1 saturated carbocycles. The fourth-order valence-corrected chi connectivity index (χ4v) is 6.88. The fourth-order valence-electron chi connectivity index (χ4n) is 6.88. The molecule has 1 aromatic heterocycles. The van der Waals surface area contributed by atoms with Gasteiger partial charge >= 0.3 is 5.97 Å². The number of H-pyrrole nitrogens is 1. The normalized spacial score (nSPS) is 32.3. The van der Waals surface area contributed by atoms with Gasteiger partial charge in [0.05, 0.1) is 26.7 Å². The Kier molecular flexibility index (Phi) is 4.73. The highest BCUT2D eigenvalue weighted by atomic mass is 16.5. The molecule has 0 radical (unpaired) electrons. The van der Waals surface area contributed by atoms with Crippen LogP contribution in [0.4, 0.5) is 0 Å². The van der Waals surface area contributed by atoms with Crippen LogP contribution in [0.25, 0.3) is 10.9 Å². The Bertz CT molecular complexity index is 983. The summed E-state index contributed by atoms with van der Waals surface area (Å²) in [5.41, 5.74) is 3.05. The average molecular weight is 413 g/mol. The summed E-state index contributed by atoms with van der Waals surface area (Å²) in [6.07, 6.45) is 4.97. The van der Waals surface area contributed by atoms with Crippen molar-refractivity contribution in [2.24, 2.45) is 17.3 Å². The van der Waals surface area contributed by atoms with Gasteiger partial charge in [-0.3, -0.25) is 9.69 Å². The van der Waals surface area contributed by atoms with E-state index in [1.807, 2.05) is 6.07 Å². The fraction of sp³-hybridized carbons (Fsp3) is 0.625. The lowest BCUT2D eigenvalue weighted by molar-refractivity contribution is -0.176. The van der Waals surface area contributed by atoms with Gasteiger partial charge in [-0.2, -0.15) is 0 Å². The summed E-state index contributed by atoms with van der Waals surface area (Å²) >= 11 is 0. The first kappa shape index (κ1) is 19.7. The van der Waals surface area contributed by atoms with Crippen LogP contribution in [0.1, 0.15) is 37.4 Å². The zero-order chi connectivity index (χ0) is 21.0. The molecule has 2 aromatic rings. The summed E-state index contributed by atoms with van der Waals surface area (Å²) < 4.78 is 16.5. The van der Waals surface area contributed by atoms with E-state index in [9.17, 15) is 4.79 Å². The maximum absolute atomic E-state index is 13.3. The lowest BCUT2D eigenvalue weighted by atomic mass is 9.55. The molecule has 6 heteroatoms. The van der Waals surface area contributed by atoms with E-state index in [4.69, 9.17) is 14.2 Å². The van der Waals surface area contributed by atoms with Gasteiger partial charge in [0.15, 0.2) is 11.5 Å². The largest absolute Gasteiger partial charge is 0.493 e. The molecule has 4 aliphatic rings. The number of hydrogen-bond acceptors (Lipinski definition) is 5. The van der Waals surface area contributed by atoms with Crippen LogP contribution in [0.5, 0.6) is 11.5 Å². The monoisotopic (exact) mass is 412 g/mol. The molecule has 0 amide bonds. The molecule has 4 heterocycles. The van der Waals surface area contributed by atoms with Gasteiger partial charge in [-0.05, 0) is 42.7 Å². The van der Waals surface area contributed by atoms with Crippen molar-refractivity contribution in [3.05, 3.63) is 23.4 Å². The highest BCUT2D eigenvalue weighted by Gasteiger charge is 2.60. The molecule has 30 heavy (non-hydrogen) atoms. The maximum Gasteiger partial charge on any atom is 0.313 e. The first-order valence-electron chi connectivity index (χ1n) is 11.1. The van der Waals surface area contributed by atoms with Gasteiger partial charge < -0.3 is 19.2 Å². The van der Waals surface area contributed by atoms with Crippen molar-refractivity contribution < 1.29 is 19.0 Å². The van der Waals surface area contributed by atoms with E-state index in [0.29, 0.717) is 18.3 Å². The molecule has 1 N–H and O–H groups in total. The summed E-state index contributed by atoms with van der Waals surface area (Å²) in [6.45, 7) is 4.35. The van der Waals surface area contributed by atoms with Crippen LogP contribution in [-0.2, 0) is 22.4 Å². The zero-order valence-corrected chi connectivity index (χ0v) is 18.4. The molecule has 0 spiro atoms. The number of ether oxygens (including phenoxy) is 3. The number of rotatable bonds is 4. The minimum absolute atomic E-state index is 0.0398. The Morgan fingerprint density at radius 1 is 1.23 bits per heavy atom. The summed E-state index contributed by atoms with van der Waals surface area (Å²) in [5, 5.41) is 1.17. The van der Waals surface area contributed by atoms with Crippen molar-refractivity contribution in [2.75, 3.05) is 34.4 Å². The summed E-state index contributed by atoms with van der Waals surface area (Å²) in [6, 6.07) is 4.35. The number of carbonyl (C=O) groups excluding carboxylic acids is 1. The van der Waals surface area contributed by atoms with Crippen molar-refractivity contribution in [1.82, 2.24) is 9.88 Å². The standard InChI is InChI=1S/C24H32N2O4/c1-5-15-8-14-11-24(23(27)30-4)12-19-16(6-7-26(13-14)22(15)24)17-9-20(28-2)21(29-3)10-18(17)25-19/h9-10,14-15,22,25H,5-8,11-13H2,1-4H3/t14-,15?,22?,24?/m0/s1. The molecule has 4 bridgehead atoms. The number of carbonyl (C=O) groups is 1. The number of methoxy groups -OCH3 is 3. The van der Waals surface area contributed by atoms with Gasteiger partial charge in [0.1, 0.15) is 0 Å². The number of piperidine rings is 2. The predicted octanol–water partition coefficient (Wildman–Crippen LogP) is 3.56. The molecule has 3 aliphatic heterocycles. The lowest BCUT2D eigenvalue weighted by Crippen LogP contribution is -2.67. The smallest absolute Gasteiger partial charge is 0.313 e. The number of nitrogens with zero attached hydrogens (tertiary/aromatic N) is 1. The Labute approximate surface area is 177 Å². The third-order valence-electron chi connectivity index (χ3n) is 7.94. The summed E-state index contributed by atoms with van der Waals surface area (Å²) in [4.78, 5) is 19.6. The topological polar surface area (TPSA) is 63.8 Å². The molecule has 2 saturated heterocycles. The third kappa shape index (κ3) is 2.69. The van der Waals surface area contributed by atoms with E-state index in [-0.39, 0.29) is 12.0 Å². The number of fused-ring (bicyclic) bond motifs is 4. The van der Waals surface area contributed by atoms with Crippen molar-refractivity contribution in [3.8, 4) is 11.5 Å². The third-order valence-corrected chi connectivity index (χ3v) is 7.94. The first-order chi connectivity index (χ1) is 14.5. The Balaban J connectivity index is 1.67. The molecular weight excluding hydrogens is 380 g/mol. The zero-order valence-electron chi connectivity index (χ0n) is 18.4. The van der Waals surface area contributed by atoms with Gasteiger partial charge in [-0.1, -0.05) is 13.3 Å². The highest BCUT2D eigenvalue weighted by molar-refractivity contribution is 5.89. The van der Waals surface area contributed by atoms with Crippen LogP contribution < -0.4 is 9.47 Å². The predicted molar refractivity (Wildman–Crippen MR) is 115 cm³/mol. The first-order valence-corrected chi connectivity index (χ1v) is 11.1. The summed E-state index contributed by atoms with van der Waals surface area (Å²) in [7, 11) is 4.88. The Hall–Kier alpha value is -2.21. The molecule has 4 unspecified atom stereocenters. The number of nitrogens with one attached hydrogen (secondary N) is 1. The number of benzene rings is 1. The van der Waals surface area contributed by atoms with E-state index in [2.05, 4.69) is 22.9 Å². The van der Waals surface area contributed by atoms with E-state index < -0.39 is 5.41 Å². The molecule has 5 atom stereocenters. The van der Waals surface area contributed by atoms with Gasteiger partial charge in [0.25, 0.3) is 0 Å². The van der Waals surface area contributed by atoms with Gasteiger partial charge in [-0.15, -0.1) is 0 Å². The van der Waals surface area contributed by atoms with Crippen LogP contribution in [0.3, 0.4) is 0 Å². The highest BCUT2D eigenvalue weighted by Crippen LogP contribution is 2.54. The number of hydrogen-bond donors (Lipinski definition) is 1. The van der Waals surface area contributed by atoms with Gasteiger partial charge in [0, 0.05) is 48.2 Å². The van der Waals surface area contributed by atoms with Crippen LogP contribution in [0.2, 0.25) is 0 Å². The maximum atomic E-state index is 13.3. The Morgan fingerprint density at radius 2 is 2.00 bits per heavy atom. The molecule has 1 aromatic carbocycles. The quantitative estimate of drug-likeness (QED) is 0.778. The minimum Gasteiger partial charge on any atom is -0.493 e. The SMILES string of the molecule is CCC1C[C@@H]2CN3CCc4c([nH]c5cc(OC)c(OC)cc45)CC(C(=O)OC)(C2)C13. The van der Waals surface area contributed by atoms with Crippen LogP contribution in [-0.4, -0.2) is 56.3 Å². The van der Waals surface area contributed by atoms with E-state index in [1.54, 1.807) is 21.3 Å². The van der Waals surface area contributed by atoms with E-state index in [1.165, 1.54) is 23.1 Å². The molecule has 6 rings (SSSR count). The second-order valence-electron chi connectivity index (χ2n) is 9.32. The number of aromatic amines is 1. The van der Waals surface area contributed by atoms with Gasteiger partial charge in [-0.25, -0.2) is 0 Å². The van der Waals surface area contributed by atoms with E-state index >= 15 is 0 Å². The van der Waals surface area contributed by atoms with Crippen LogP contribution in [0.15, 0.2) is 12.1 Å². The van der Waals surface area contributed by atoms with Crippen molar-refractivity contribution in [3.63, 3.8) is 0 Å². The molecule has 162 valence electrons. The van der Waals surface area contributed by atoms with Crippen molar-refractivity contribution in [2.45, 2.75) is 45.1 Å². The lowest BCUT2D eigenvalue weighted by Gasteiger charge is -2.59. The average Bonchev–Trinajstić information content (AvgIpc) is 3.09.